The highest BCUT2D eigenvalue weighted by Crippen LogP contribution is 2.59. The highest BCUT2D eigenvalue weighted by molar-refractivity contribution is 5.86. The molecule has 0 aromatic rings. The Labute approximate surface area is 193 Å². The standard InChI is InChI=1S/C24H33NO8/c1-12(30-17-9-13-2-3-14(17)8-13)31-23(27)19-15-10-16-20(19)24(28)33-22(16)21(15)32-18(26)11-25-4-6-29-7-5-25/h12-17,19-22H,2-11H2,1H3. The van der Waals surface area contributed by atoms with E-state index in [0.29, 0.717) is 38.6 Å². The van der Waals surface area contributed by atoms with Crippen LogP contribution in [0.1, 0.15) is 39.0 Å². The number of nitrogens with zero attached hydrogens (tertiary/aromatic N) is 1. The van der Waals surface area contributed by atoms with Crippen molar-refractivity contribution in [3.05, 3.63) is 0 Å². The molecule has 2 saturated heterocycles. The Morgan fingerprint density at radius 3 is 2.67 bits per heavy atom. The van der Waals surface area contributed by atoms with E-state index in [-0.39, 0.29) is 36.4 Å². The molecule has 4 bridgehead atoms. The number of ether oxygens (including phenoxy) is 5. The molecule has 0 aromatic heterocycles. The summed E-state index contributed by atoms with van der Waals surface area (Å²) in [5.41, 5.74) is 0. The van der Waals surface area contributed by atoms with Crippen molar-refractivity contribution in [1.82, 2.24) is 4.90 Å². The number of hydrogen-bond donors (Lipinski definition) is 0. The SMILES string of the molecule is CC(OC(=O)C1C2CC3C(OC(=O)C31)C2OC(=O)CN1CCOCC1)OC1CC2CCC1C2. The van der Waals surface area contributed by atoms with E-state index in [4.69, 9.17) is 23.7 Å². The molecule has 2 heterocycles. The van der Waals surface area contributed by atoms with Gasteiger partial charge in [0.2, 0.25) is 0 Å². The maximum atomic E-state index is 13.2. The Hall–Kier alpha value is -1.71. The second kappa shape index (κ2) is 8.50. The lowest BCUT2D eigenvalue weighted by Gasteiger charge is -2.32. The first kappa shape index (κ1) is 21.8. The Balaban J connectivity index is 1.08. The van der Waals surface area contributed by atoms with Gasteiger partial charge in [-0.3, -0.25) is 19.3 Å². The Bertz CT molecular complexity index is 812. The summed E-state index contributed by atoms with van der Waals surface area (Å²) in [6, 6.07) is 0. The van der Waals surface area contributed by atoms with E-state index < -0.39 is 36.3 Å². The maximum Gasteiger partial charge on any atom is 0.320 e. The van der Waals surface area contributed by atoms with Gasteiger partial charge in [-0.15, -0.1) is 0 Å². The van der Waals surface area contributed by atoms with Gasteiger partial charge in [0.05, 0.1) is 37.7 Å². The predicted octanol–water partition coefficient (Wildman–Crippen LogP) is 1.13. The second-order valence-electron chi connectivity index (χ2n) is 10.7. The molecule has 0 amide bonds. The molecule has 0 spiro atoms. The van der Waals surface area contributed by atoms with Crippen LogP contribution in [-0.2, 0) is 38.1 Å². The van der Waals surface area contributed by atoms with E-state index in [1.165, 1.54) is 19.3 Å². The first-order chi connectivity index (χ1) is 16.0. The van der Waals surface area contributed by atoms with Crippen molar-refractivity contribution in [2.75, 3.05) is 32.8 Å². The fraction of sp³-hybridized carbons (Fsp3) is 0.875. The van der Waals surface area contributed by atoms with Crippen LogP contribution in [0, 0.1) is 35.5 Å². The average molecular weight is 464 g/mol. The van der Waals surface area contributed by atoms with Crippen molar-refractivity contribution in [3.8, 4) is 0 Å². The molecule has 6 fully saturated rings. The predicted molar refractivity (Wildman–Crippen MR) is 111 cm³/mol. The summed E-state index contributed by atoms with van der Waals surface area (Å²) in [5, 5.41) is 0. The third-order valence-electron chi connectivity index (χ3n) is 8.86. The monoisotopic (exact) mass is 463 g/mol. The molecular weight excluding hydrogens is 430 g/mol. The molecule has 182 valence electrons. The fourth-order valence-corrected chi connectivity index (χ4v) is 7.47. The van der Waals surface area contributed by atoms with Crippen molar-refractivity contribution in [1.29, 1.82) is 0 Å². The summed E-state index contributed by atoms with van der Waals surface area (Å²) < 4.78 is 28.5. The van der Waals surface area contributed by atoms with E-state index in [1.807, 2.05) is 4.90 Å². The maximum absolute atomic E-state index is 13.2. The molecule has 10 atom stereocenters. The number of rotatable bonds is 7. The number of esters is 3. The van der Waals surface area contributed by atoms with E-state index in [2.05, 4.69) is 0 Å². The molecule has 4 saturated carbocycles. The summed E-state index contributed by atoms with van der Waals surface area (Å²) in [4.78, 5) is 40.4. The zero-order chi connectivity index (χ0) is 22.7. The van der Waals surface area contributed by atoms with Crippen molar-refractivity contribution >= 4 is 17.9 Å². The van der Waals surface area contributed by atoms with Gasteiger partial charge in [0.1, 0.15) is 12.2 Å². The Morgan fingerprint density at radius 1 is 1.12 bits per heavy atom. The van der Waals surface area contributed by atoms with Gasteiger partial charge >= 0.3 is 17.9 Å². The Morgan fingerprint density at radius 2 is 1.94 bits per heavy atom. The summed E-state index contributed by atoms with van der Waals surface area (Å²) in [6.07, 6.45) is 3.81. The van der Waals surface area contributed by atoms with Crippen LogP contribution < -0.4 is 0 Å². The number of morpholine rings is 1. The van der Waals surface area contributed by atoms with Crippen LogP contribution in [0.3, 0.4) is 0 Å². The van der Waals surface area contributed by atoms with Gasteiger partial charge in [0, 0.05) is 24.9 Å². The Kier molecular flexibility index (Phi) is 5.62. The first-order valence-corrected chi connectivity index (χ1v) is 12.5. The van der Waals surface area contributed by atoms with Crippen molar-refractivity contribution in [2.45, 2.75) is 63.6 Å². The second-order valence-corrected chi connectivity index (χ2v) is 10.7. The van der Waals surface area contributed by atoms with Crippen LogP contribution in [0.5, 0.6) is 0 Å². The minimum atomic E-state index is -0.656. The van der Waals surface area contributed by atoms with Gasteiger partial charge in [0.15, 0.2) is 6.29 Å². The lowest BCUT2D eigenvalue weighted by molar-refractivity contribution is -0.199. The summed E-state index contributed by atoms with van der Waals surface area (Å²) in [5.74, 6) is -1.35. The van der Waals surface area contributed by atoms with Gasteiger partial charge in [-0.1, -0.05) is 0 Å². The van der Waals surface area contributed by atoms with Crippen molar-refractivity contribution in [2.24, 2.45) is 35.5 Å². The number of carbonyl (C=O) groups excluding carboxylic acids is 3. The first-order valence-electron chi connectivity index (χ1n) is 12.5. The van der Waals surface area contributed by atoms with Crippen molar-refractivity contribution in [3.63, 3.8) is 0 Å². The molecule has 4 aliphatic carbocycles. The number of fused-ring (bicyclic) bond motifs is 3. The highest BCUT2D eigenvalue weighted by atomic mass is 16.7. The minimum absolute atomic E-state index is 0.0944. The third kappa shape index (κ3) is 3.86. The zero-order valence-corrected chi connectivity index (χ0v) is 19.1. The van der Waals surface area contributed by atoms with Crippen molar-refractivity contribution < 1.29 is 38.1 Å². The van der Waals surface area contributed by atoms with Crippen LogP contribution in [0.4, 0.5) is 0 Å². The summed E-state index contributed by atoms with van der Waals surface area (Å²) in [7, 11) is 0. The highest BCUT2D eigenvalue weighted by Gasteiger charge is 2.70. The van der Waals surface area contributed by atoms with Gasteiger partial charge < -0.3 is 23.7 Å². The number of hydrogen-bond acceptors (Lipinski definition) is 9. The molecule has 6 aliphatic rings. The van der Waals surface area contributed by atoms with Gasteiger partial charge in [0.25, 0.3) is 0 Å². The molecule has 0 aromatic carbocycles. The van der Waals surface area contributed by atoms with E-state index in [1.54, 1.807) is 6.92 Å². The topological polar surface area (TPSA) is 101 Å². The molecule has 9 nitrogen and oxygen atoms in total. The van der Waals surface area contributed by atoms with E-state index in [0.717, 1.165) is 12.3 Å². The molecule has 2 aliphatic heterocycles. The summed E-state index contributed by atoms with van der Waals surface area (Å²) >= 11 is 0. The average Bonchev–Trinajstić information content (AvgIpc) is 3.57. The van der Waals surface area contributed by atoms with Crippen LogP contribution in [0.2, 0.25) is 0 Å². The van der Waals surface area contributed by atoms with Crippen LogP contribution >= 0.6 is 0 Å². The molecule has 6 rings (SSSR count). The minimum Gasteiger partial charge on any atom is -0.458 e. The fourth-order valence-electron chi connectivity index (χ4n) is 7.47. The number of carbonyl (C=O) groups is 3. The molecule has 9 heteroatoms. The van der Waals surface area contributed by atoms with Gasteiger partial charge in [-0.25, -0.2) is 0 Å². The van der Waals surface area contributed by atoms with E-state index >= 15 is 0 Å². The van der Waals surface area contributed by atoms with E-state index in [9.17, 15) is 14.4 Å². The molecule has 0 radical (unpaired) electrons. The quantitative estimate of drug-likeness (QED) is 0.312. The largest absolute Gasteiger partial charge is 0.458 e. The lowest BCUT2D eigenvalue weighted by Crippen LogP contribution is -2.46. The molecule has 10 unspecified atom stereocenters. The summed E-state index contributed by atoms with van der Waals surface area (Å²) in [6.45, 7) is 4.49. The molecule has 33 heavy (non-hydrogen) atoms. The van der Waals surface area contributed by atoms with Crippen LogP contribution in [0.15, 0.2) is 0 Å². The van der Waals surface area contributed by atoms with Crippen LogP contribution in [0.25, 0.3) is 0 Å². The third-order valence-corrected chi connectivity index (χ3v) is 8.86. The van der Waals surface area contributed by atoms with Gasteiger partial charge in [-0.2, -0.15) is 0 Å². The van der Waals surface area contributed by atoms with Crippen LogP contribution in [-0.4, -0.2) is 80.3 Å². The molecular formula is C24H33NO8. The normalized spacial score (nSPS) is 44.2. The smallest absolute Gasteiger partial charge is 0.320 e. The molecule has 0 N–H and O–H groups in total. The zero-order valence-electron chi connectivity index (χ0n) is 19.1. The lowest BCUT2D eigenvalue weighted by atomic mass is 9.78. The van der Waals surface area contributed by atoms with Gasteiger partial charge in [-0.05, 0) is 50.9 Å².